The molecular formula is C16H26N2O2. The lowest BCUT2D eigenvalue weighted by atomic mass is 9.96. The van der Waals surface area contributed by atoms with Gasteiger partial charge in [0.25, 0.3) is 0 Å². The Morgan fingerprint density at radius 3 is 2.90 bits per heavy atom. The average molecular weight is 278 g/mol. The van der Waals surface area contributed by atoms with E-state index in [1.54, 1.807) is 7.11 Å². The second kappa shape index (κ2) is 7.07. The largest absolute Gasteiger partial charge is 0.497 e. The molecule has 1 saturated heterocycles. The molecule has 0 spiro atoms. The fraction of sp³-hybridized carbons (Fsp3) is 0.625. The maximum atomic E-state index is 5.99. The van der Waals surface area contributed by atoms with Crippen LogP contribution >= 0.6 is 0 Å². The van der Waals surface area contributed by atoms with Crippen molar-refractivity contribution in [2.45, 2.75) is 32.0 Å². The van der Waals surface area contributed by atoms with Crippen molar-refractivity contribution in [3.05, 3.63) is 29.8 Å². The normalized spacial score (nSPS) is 24.1. The van der Waals surface area contributed by atoms with E-state index < -0.39 is 0 Å². The average Bonchev–Trinajstić information content (AvgIpc) is 2.47. The first-order valence-electron chi connectivity index (χ1n) is 7.33. The molecule has 0 aromatic heterocycles. The highest BCUT2D eigenvalue weighted by Crippen LogP contribution is 2.32. The van der Waals surface area contributed by atoms with Gasteiger partial charge in [0.05, 0.1) is 25.9 Å². The molecule has 4 nitrogen and oxygen atoms in total. The van der Waals surface area contributed by atoms with Gasteiger partial charge in [-0.25, -0.2) is 0 Å². The molecule has 1 aliphatic heterocycles. The Hall–Kier alpha value is -1.10. The molecular weight excluding hydrogens is 252 g/mol. The fourth-order valence-electron chi connectivity index (χ4n) is 2.94. The predicted molar refractivity (Wildman–Crippen MR) is 81.2 cm³/mol. The maximum absolute atomic E-state index is 5.99. The third-order valence-electron chi connectivity index (χ3n) is 3.89. The van der Waals surface area contributed by atoms with Gasteiger partial charge in [0, 0.05) is 19.1 Å². The van der Waals surface area contributed by atoms with Gasteiger partial charge in [0.2, 0.25) is 0 Å². The molecule has 1 aliphatic rings. The van der Waals surface area contributed by atoms with Crippen LogP contribution in [0.5, 0.6) is 5.75 Å². The first kappa shape index (κ1) is 15.3. The number of ether oxygens (including phenoxy) is 2. The highest BCUT2D eigenvalue weighted by atomic mass is 16.5. The van der Waals surface area contributed by atoms with Crippen molar-refractivity contribution in [2.75, 3.05) is 33.9 Å². The highest BCUT2D eigenvalue weighted by molar-refractivity contribution is 5.31. The number of morpholine rings is 1. The Kier molecular flexibility index (Phi) is 5.40. The smallest absolute Gasteiger partial charge is 0.119 e. The zero-order valence-electron chi connectivity index (χ0n) is 12.9. The van der Waals surface area contributed by atoms with E-state index in [1.807, 2.05) is 13.1 Å². The molecule has 0 amide bonds. The summed E-state index contributed by atoms with van der Waals surface area (Å²) >= 11 is 0. The Bertz CT molecular complexity index is 421. The van der Waals surface area contributed by atoms with E-state index in [0.717, 1.165) is 25.4 Å². The standard InChI is InChI=1S/C16H26N2O2/c1-12(2)18-8-9-20-15(11-17-3)16(18)13-6-5-7-14(10-13)19-4/h5-7,10,12,15-17H,8-9,11H2,1-4H3. The molecule has 1 aromatic rings. The molecule has 0 saturated carbocycles. The Balaban J connectivity index is 2.32. The van der Waals surface area contributed by atoms with Crippen molar-refractivity contribution >= 4 is 0 Å². The number of rotatable bonds is 5. The van der Waals surface area contributed by atoms with Crippen LogP contribution in [0.25, 0.3) is 0 Å². The molecule has 112 valence electrons. The Morgan fingerprint density at radius 1 is 1.45 bits per heavy atom. The number of hydrogen-bond donors (Lipinski definition) is 1. The lowest BCUT2D eigenvalue weighted by Crippen LogP contribution is -2.51. The summed E-state index contributed by atoms with van der Waals surface area (Å²) in [6.07, 6.45) is 0.170. The van der Waals surface area contributed by atoms with E-state index in [9.17, 15) is 0 Å². The zero-order valence-corrected chi connectivity index (χ0v) is 12.9. The molecule has 1 aromatic carbocycles. The van der Waals surface area contributed by atoms with E-state index in [2.05, 4.69) is 42.3 Å². The summed E-state index contributed by atoms with van der Waals surface area (Å²) in [5.41, 5.74) is 1.26. The first-order valence-corrected chi connectivity index (χ1v) is 7.33. The molecule has 0 radical (unpaired) electrons. The molecule has 1 fully saturated rings. The molecule has 1 heterocycles. The van der Waals surface area contributed by atoms with Crippen molar-refractivity contribution in [3.63, 3.8) is 0 Å². The molecule has 2 atom stereocenters. The van der Waals surface area contributed by atoms with Crippen molar-refractivity contribution in [1.82, 2.24) is 10.2 Å². The summed E-state index contributed by atoms with van der Waals surface area (Å²) < 4.78 is 11.4. The zero-order chi connectivity index (χ0) is 14.5. The second-order valence-electron chi connectivity index (χ2n) is 5.52. The number of nitrogens with zero attached hydrogens (tertiary/aromatic N) is 1. The molecule has 1 N–H and O–H groups in total. The number of nitrogens with one attached hydrogen (secondary N) is 1. The van der Waals surface area contributed by atoms with Crippen LogP contribution in [-0.4, -0.2) is 50.9 Å². The summed E-state index contributed by atoms with van der Waals surface area (Å²) in [5.74, 6) is 0.903. The molecule has 0 bridgehead atoms. The highest BCUT2D eigenvalue weighted by Gasteiger charge is 2.34. The van der Waals surface area contributed by atoms with Crippen LogP contribution in [0.4, 0.5) is 0 Å². The summed E-state index contributed by atoms with van der Waals surface area (Å²) in [5, 5.41) is 3.24. The van der Waals surface area contributed by atoms with Gasteiger partial charge in [-0.3, -0.25) is 4.90 Å². The van der Waals surface area contributed by atoms with E-state index in [4.69, 9.17) is 9.47 Å². The predicted octanol–water partition coefficient (Wildman–Crippen LogP) is 2.06. The summed E-state index contributed by atoms with van der Waals surface area (Å²) in [6.45, 7) is 7.11. The van der Waals surface area contributed by atoms with Gasteiger partial charge in [-0.1, -0.05) is 12.1 Å². The minimum absolute atomic E-state index is 0.170. The van der Waals surface area contributed by atoms with Crippen LogP contribution < -0.4 is 10.1 Å². The number of benzene rings is 1. The van der Waals surface area contributed by atoms with Gasteiger partial charge >= 0.3 is 0 Å². The minimum Gasteiger partial charge on any atom is -0.497 e. The number of hydrogen-bond acceptors (Lipinski definition) is 4. The maximum Gasteiger partial charge on any atom is 0.119 e. The number of methoxy groups -OCH3 is 1. The van der Waals surface area contributed by atoms with E-state index in [-0.39, 0.29) is 12.1 Å². The lowest BCUT2D eigenvalue weighted by Gasteiger charge is -2.43. The first-order chi connectivity index (χ1) is 9.67. The Labute approximate surface area is 122 Å². The van der Waals surface area contributed by atoms with Crippen LogP contribution in [0, 0.1) is 0 Å². The SMILES string of the molecule is CNCC1OCCN(C(C)C)C1c1cccc(OC)c1. The van der Waals surface area contributed by atoms with E-state index >= 15 is 0 Å². The summed E-state index contributed by atoms with van der Waals surface area (Å²) in [6, 6.07) is 9.09. The second-order valence-corrected chi connectivity index (χ2v) is 5.52. The van der Waals surface area contributed by atoms with Gasteiger partial charge in [-0.2, -0.15) is 0 Å². The lowest BCUT2D eigenvalue weighted by molar-refractivity contribution is -0.0815. The van der Waals surface area contributed by atoms with Crippen LogP contribution in [0.3, 0.4) is 0 Å². The van der Waals surface area contributed by atoms with Crippen molar-refractivity contribution in [2.24, 2.45) is 0 Å². The number of likely N-dealkylation sites (N-methyl/N-ethyl adjacent to an activating group) is 1. The van der Waals surface area contributed by atoms with Gasteiger partial charge in [0.1, 0.15) is 5.75 Å². The van der Waals surface area contributed by atoms with Gasteiger partial charge < -0.3 is 14.8 Å². The van der Waals surface area contributed by atoms with E-state index in [1.165, 1.54) is 5.56 Å². The van der Waals surface area contributed by atoms with Crippen molar-refractivity contribution < 1.29 is 9.47 Å². The fourth-order valence-corrected chi connectivity index (χ4v) is 2.94. The molecule has 2 rings (SSSR count). The van der Waals surface area contributed by atoms with Crippen molar-refractivity contribution in [3.8, 4) is 5.75 Å². The van der Waals surface area contributed by atoms with Gasteiger partial charge in [-0.05, 0) is 38.6 Å². The topological polar surface area (TPSA) is 33.7 Å². The summed E-state index contributed by atoms with van der Waals surface area (Å²) in [7, 11) is 3.68. The van der Waals surface area contributed by atoms with Crippen molar-refractivity contribution in [1.29, 1.82) is 0 Å². The quantitative estimate of drug-likeness (QED) is 0.894. The molecule has 20 heavy (non-hydrogen) atoms. The van der Waals surface area contributed by atoms with Crippen LogP contribution in [0.1, 0.15) is 25.5 Å². The third-order valence-corrected chi connectivity index (χ3v) is 3.89. The minimum atomic E-state index is 0.170. The third kappa shape index (κ3) is 3.32. The molecule has 4 heteroatoms. The van der Waals surface area contributed by atoms with Crippen LogP contribution in [0.2, 0.25) is 0 Å². The Morgan fingerprint density at radius 2 is 2.25 bits per heavy atom. The summed E-state index contributed by atoms with van der Waals surface area (Å²) in [4.78, 5) is 2.51. The van der Waals surface area contributed by atoms with E-state index in [0.29, 0.717) is 6.04 Å². The molecule has 0 aliphatic carbocycles. The van der Waals surface area contributed by atoms with Crippen LogP contribution in [0.15, 0.2) is 24.3 Å². The van der Waals surface area contributed by atoms with Crippen LogP contribution in [-0.2, 0) is 4.74 Å². The molecule has 2 unspecified atom stereocenters. The van der Waals surface area contributed by atoms with Gasteiger partial charge in [0.15, 0.2) is 0 Å². The monoisotopic (exact) mass is 278 g/mol. The van der Waals surface area contributed by atoms with Gasteiger partial charge in [-0.15, -0.1) is 0 Å².